The number of nitrogens with zero attached hydrogens (tertiary/aromatic N) is 4. The van der Waals surface area contributed by atoms with Crippen LogP contribution >= 0.6 is 34.7 Å². The molecule has 5 rings (SSSR count). The molecule has 2 aromatic heterocycles. The number of aromatic nitrogens is 2. The van der Waals surface area contributed by atoms with Crippen LogP contribution in [0, 0.1) is 10.1 Å². The summed E-state index contributed by atoms with van der Waals surface area (Å²) in [6.45, 7) is 0. The standard InChI is InChI=1S/C25H20ClN5O4S2/c26-18-11-10-15(12-19(18)31(34)35)13-27-29-21(32)14-36-25-28-23-22(17-8-4-5-9-20(17)37-23)24(33)30(25)16-6-2-1-3-7-16/h1-3,6-7,10-13H,4-5,8-9,14H2,(H,29,32)/b27-13-. The van der Waals surface area contributed by atoms with Gasteiger partial charge in [-0.25, -0.2) is 10.4 Å². The molecule has 9 nitrogen and oxygen atoms in total. The number of fused-ring (bicyclic) bond motifs is 3. The molecular formula is C25H20ClN5O4S2. The molecule has 1 aliphatic rings. The van der Waals surface area contributed by atoms with E-state index in [1.165, 1.54) is 23.2 Å². The molecule has 0 aliphatic heterocycles. The Balaban J connectivity index is 1.38. The van der Waals surface area contributed by atoms with Crippen molar-refractivity contribution in [3.8, 4) is 5.69 Å². The van der Waals surface area contributed by atoms with Gasteiger partial charge in [-0.3, -0.25) is 24.3 Å². The average molecular weight is 554 g/mol. The Labute approximate surface area is 224 Å². The molecule has 2 aromatic carbocycles. The molecule has 0 spiro atoms. The molecule has 0 fully saturated rings. The van der Waals surface area contributed by atoms with E-state index in [9.17, 15) is 19.7 Å². The van der Waals surface area contributed by atoms with E-state index >= 15 is 0 Å². The molecule has 0 atom stereocenters. The minimum Gasteiger partial charge on any atom is -0.272 e. The van der Waals surface area contributed by atoms with Crippen molar-refractivity contribution in [1.82, 2.24) is 15.0 Å². The van der Waals surface area contributed by atoms with Crippen LogP contribution in [-0.2, 0) is 17.6 Å². The van der Waals surface area contributed by atoms with Gasteiger partial charge in [-0.05, 0) is 49.4 Å². The second-order valence-corrected chi connectivity index (χ2v) is 10.7. The predicted octanol–water partition coefficient (Wildman–Crippen LogP) is 5.13. The summed E-state index contributed by atoms with van der Waals surface area (Å²) < 4.78 is 1.57. The lowest BCUT2D eigenvalue weighted by Crippen LogP contribution is -2.24. The number of carbonyl (C=O) groups is 1. The zero-order valence-corrected chi connectivity index (χ0v) is 21.7. The lowest BCUT2D eigenvalue weighted by Gasteiger charge is -2.13. The van der Waals surface area contributed by atoms with Crippen molar-refractivity contribution in [2.24, 2.45) is 5.10 Å². The summed E-state index contributed by atoms with van der Waals surface area (Å²) in [5.74, 6) is -0.447. The van der Waals surface area contributed by atoms with Crippen LogP contribution in [-0.4, -0.2) is 32.3 Å². The maximum Gasteiger partial charge on any atom is 0.288 e. The van der Waals surface area contributed by atoms with Gasteiger partial charge in [0, 0.05) is 16.5 Å². The highest BCUT2D eigenvalue weighted by Crippen LogP contribution is 2.35. The number of nitro groups is 1. The number of amides is 1. The van der Waals surface area contributed by atoms with Crippen LogP contribution in [0.2, 0.25) is 5.02 Å². The third-order valence-electron chi connectivity index (χ3n) is 5.87. The van der Waals surface area contributed by atoms with Crippen LogP contribution in [0.15, 0.2) is 63.6 Å². The second-order valence-electron chi connectivity index (χ2n) is 8.31. The smallest absolute Gasteiger partial charge is 0.272 e. The van der Waals surface area contributed by atoms with E-state index in [-0.39, 0.29) is 22.0 Å². The van der Waals surface area contributed by atoms with E-state index in [0.717, 1.165) is 43.0 Å². The first-order valence-corrected chi connectivity index (χ1v) is 13.6. The third-order valence-corrected chi connectivity index (χ3v) is 8.32. The minimum atomic E-state index is -0.588. The van der Waals surface area contributed by atoms with Gasteiger partial charge in [0.05, 0.1) is 28.0 Å². The lowest BCUT2D eigenvalue weighted by atomic mass is 9.97. The fraction of sp³-hybridized carbons (Fsp3) is 0.200. The summed E-state index contributed by atoms with van der Waals surface area (Å²) in [6.07, 6.45) is 5.31. The molecule has 4 aromatic rings. The largest absolute Gasteiger partial charge is 0.288 e. The molecule has 0 unspecified atom stereocenters. The molecule has 0 radical (unpaired) electrons. The highest BCUT2D eigenvalue weighted by atomic mass is 35.5. The number of hydrogen-bond acceptors (Lipinski definition) is 8. The highest BCUT2D eigenvalue weighted by molar-refractivity contribution is 7.99. The molecule has 1 amide bonds. The molecule has 0 saturated carbocycles. The van der Waals surface area contributed by atoms with E-state index in [1.807, 2.05) is 30.3 Å². The Morgan fingerprint density at radius 2 is 2.03 bits per heavy atom. The first-order valence-electron chi connectivity index (χ1n) is 11.4. The fourth-order valence-electron chi connectivity index (χ4n) is 4.18. The number of benzene rings is 2. The monoisotopic (exact) mass is 553 g/mol. The van der Waals surface area contributed by atoms with Gasteiger partial charge in [0.15, 0.2) is 5.16 Å². The van der Waals surface area contributed by atoms with Crippen LogP contribution in [0.5, 0.6) is 0 Å². The van der Waals surface area contributed by atoms with Crippen molar-refractivity contribution in [1.29, 1.82) is 0 Å². The van der Waals surface area contributed by atoms with Gasteiger partial charge in [0.1, 0.15) is 9.85 Å². The number of para-hydroxylation sites is 1. The molecule has 12 heteroatoms. The number of aryl methyl sites for hydroxylation is 2. The number of halogens is 1. The van der Waals surface area contributed by atoms with Crippen molar-refractivity contribution in [3.05, 3.63) is 90.0 Å². The van der Waals surface area contributed by atoms with Crippen LogP contribution in [0.3, 0.4) is 0 Å². The number of thiophene rings is 1. The third kappa shape index (κ3) is 5.29. The van der Waals surface area contributed by atoms with Crippen molar-refractivity contribution in [2.45, 2.75) is 30.8 Å². The van der Waals surface area contributed by atoms with Gasteiger partial charge >= 0.3 is 0 Å². The molecule has 37 heavy (non-hydrogen) atoms. The highest BCUT2D eigenvalue weighted by Gasteiger charge is 2.23. The molecular weight excluding hydrogens is 534 g/mol. The maximum absolute atomic E-state index is 13.7. The van der Waals surface area contributed by atoms with E-state index in [4.69, 9.17) is 16.6 Å². The Morgan fingerprint density at radius 3 is 2.81 bits per heavy atom. The lowest BCUT2D eigenvalue weighted by molar-refractivity contribution is -0.384. The Hall–Kier alpha value is -3.54. The van der Waals surface area contributed by atoms with Gasteiger partial charge in [-0.2, -0.15) is 5.10 Å². The van der Waals surface area contributed by atoms with Crippen molar-refractivity contribution >= 4 is 62.7 Å². The van der Waals surface area contributed by atoms with Crippen molar-refractivity contribution in [2.75, 3.05) is 5.75 Å². The summed E-state index contributed by atoms with van der Waals surface area (Å²) >= 11 is 8.53. The number of carbonyl (C=O) groups excluding carboxylic acids is 1. The summed E-state index contributed by atoms with van der Waals surface area (Å²) in [6, 6.07) is 13.5. The van der Waals surface area contributed by atoms with Crippen LogP contribution < -0.4 is 11.0 Å². The summed E-state index contributed by atoms with van der Waals surface area (Å²) in [4.78, 5) is 43.4. The van der Waals surface area contributed by atoms with Crippen LogP contribution in [0.1, 0.15) is 28.8 Å². The number of hydrogen-bond donors (Lipinski definition) is 1. The molecule has 2 heterocycles. The first kappa shape index (κ1) is 25.1. The normalized spacial score (nSPS) is 13.1. The molecule has 1 aliphatic carbocycles. The van der Waals surface area contributed by atoms with Crippen molar-refractivity contribution in [3.63, 3.8) is 0 Å². The molecule has 188 valence electrons. The Bertz CT molecular complexity index is 1600. The van der Waals surface area contributed by atoms with Crippen LogP contribution in [0.25, 0.3) is 15.9 Å². The Kier molecular flexibility index (Phi) is 7.36. The topological polar surface area (TPSA) is 119 Å². The number of nitro benzene ring substituents is 1. The number of nitrogens with one attached hydrogen (secondary N) is 1. The van der Waals surface area contributed by atoms with Crippen molar-refractivity contribution < 1.29 is 9.72 Å². The predicted molar refractivity (Wildman–Crippen MR) is 146 cm³/mol. The molecule has 0 saturated heterocycles. The molecule has 0 bridgehead atoms. The summed E-state index contributed by atoms with van der Waals surface area (Å²) in [5.41, 5.74) is 4.25. The van der Waals surface area contributed by atoms with Gasteiger partial charge in [0.25, 0.3) is 17.2 Å². The minimum absolute atomic E-state index is 0.0168. The van der Waals surface area contributed by atoms with E-state index in [1.54, 1.807) is 22.0 Å². The van der Waals surface area contributed by atoms with E-state index in [0.29, 0.717) is 26.6 Å². The SMILES string of the molecule is O=C(CSc1nc2sc3c(c2c(=O)n1-c1ccccc1)CCCC3)N/N=C\c1ccc(Cl)c([N+](=O)[O-])c1. The summed E-state index contributed by atoms with van der Waals surface area (Å²) in [5, 5.41) is 16.1. The van der Waals surface area contributed by atoms with Crippen LogP contribution in [0.4, 0.5) is 5.69 Å². The molecule has 1 N–H and O–H groups in total. The zero-order chi connectivity index (χ0) is 25.9. The number of thioether (sulfide) groups is 1. The van der Waals surface area contributed by atoms with E-state index < -0.39 is 10.8 Å². The Morgan fingerprint density at radius 1 is 1.24 bits per heavy atom. The summed E-state index contributed by atoms with van der Waals surface area (Å²) in [7, 11) is 0. The van der Waals surface area contributed by atoms with E-state index in [2.05, 4.69) is 10.5 Å². The number of hydrazone groups is 1. The van der Waals surface area contributed by atoms with Gasteiger partial charge < -0.3 is 0 Å². The fourth-order valence-corrected chi connectivity index (χ4v) is 6.47. The number of rotatable bonds is 7. The quantitative estimate of drug-likeness (QED) is 0.111. The zero-order valence-electron chi connectivity index (χ0n) is 19.3. The van der Waals surface area contributed by atoms with Gasteiger partial charge in [-0.15, -0.1) is 11.3 Å². The second kappa shape index (κ2) is 10.8. The van der Waals surface area contributed by atoms with Gasteiger partial charge in [-0.1, -0.05) is 47.6 Å². The maximum atomic E-state index is 13.7. The average Bonchev–Trinajstić information content (AvgIpc) is 3.27. The first-order chi connectivity index (χ1) is 17.9. The van der Waals surface area contributed by atoms with Gasteiger partial charge in [0.2, 0.25) is 0 Å².